The summed E-state index contributed by atoms with van der Waals surface area (Å²) in [5.74, 6) is -0.572. The summed E-state index contributed by atoms with van der Waals surface area (Å²) >= 11 is 6.57. The number of fused-ring (bicyclic) bond motifs is 1. The normalized spacial score (nSPS) is 17.3. The number of nitrogens with zero attached hydrogens (tertiary/aromatic N) is 1. The number of thioether (sulfide) groups is 1. The van der Waals surface area contributed by atoms with Crippen molar-refractivity contribution in [3.05, 3.63) is 76.3 Å². The zero-order valence-electron chi connectivity index (χ0n) is 13.4. The number of H-pyrrole nitrogens is 1. The molecule has 4 nitrogen and oxygen atoms in total. The average Bonchev–Trinajstić information content (AvgIpc) is 2.92. The Morgan fingerprint density at radius 3 is 2.62 bits per heavy atom. The van der Waals surface area contributed by atoms with Crippen LogP contribution < -0.4 is 10.3 Å². The number of para-hydroxylation sites is 1. The third-order valence-corrected chi connectivity index (χ3v) is 5.79. The van der Waals surface area contributed by atoms with Crippen LogP contribution >= 0.6 is 24.0 Å². The number of aromatic nitrogens is 1. The van der Waals surface area contributed by atoms with Crippen molar-refractivity contribution < 1.29 is 9.18 Å². The first kappa shape index (κ1) is 16.9. The molecule has 1 unspecified atom stereocenters. The molecule has 1 atom stereocenters. The number of carbonyl (C=O) groups is 1. The lowest BCUT2D eigenvalue weighted by Gasteiger charge is -2.15. The monoisotopic (exact) mass is 384 g/mol. The molecule has 3 aromatic rings. The third kappa shape index (κ3) is 2.93. The Balaban J connectivity index is 1.63. The van der Waals surface area contributed by atoms with Crippen LogP contribution in [0.4, 0.5) is 10.1 Å². The molecule has 2 aromatic carbocycles. The SMILES string of the molecule is O=C1C(Cc2c[nH]c3ccccc3c2=O)SC(=S)N1c1ccc(F)cc1. The quantitative estimate of drug-likeness (QED) is 0.701. The number of anilines is 1. The molecular weight excluding hydrogens is 371 g/mol. The van der Waals surface area contributed by atoms with Crippen molar-refractivity contribution in [3.63, 3.8) is 0 Å². The lowest BCUT2D eigenvalue weighted by atomic mass is 10.1. The molecule has 26 heavy (non-hydrogen) atoms. The summed E-state index contributed by atoms with van der Waals surface area (Å²) in [4.78, 5) is 30.0. The maximum Gasteiger partial charge on any atom is 0.246 e. The summed E-state index contributed by atoms with van der Waals surface area (Å²) in [7, 11) is 0. The number of hydrogen-bond donors (Lipinski definition) is 1. The number of amides is 1. The number of benzene rings is 2. The Morgan fingerprint density at radius 1 is 1.12 bits per heavy atom. The first-order valence-corrected chi connectivity index (χ1v) is 9.23. The molecule has 0 spiro atoms. The second kappa shape index (κ2) is 6.66. The van der Waals surface area contributed by atoms with E-state index in [0.29, 0.717) is 21.0 Å². The van der Waals surface area contributed by atoms with Crippen LogP contribution in [0.3, 0.4) is 0 Å². The van der Waals surface area contributed by atoms with Gasteiger partial charge in [0.25, 0.3) is 0 Å². The Morgan fingerprint density at radius 2 is 1.85 bits per heavy atom. The lowest BCUT2D eigenvalue weighted by molar-refractivity contribution is -0.116. The zero-order valence-corrected chi connectivity index (χ0v) is 15.1. The predicted molar refractivity (Wildman–Crippen MR) is 106 cm³/mol. The minimum Gasteiger partial charge on any atom is -0.361 e. The second-order valence-corrected chi connectivity index (χ2v) is 7.75. The van der Waals surface area contributed by atoms with E-state index in [1.807, 2.05) is 18.2 Å². The van der Waals surface area contributed by atoms with Gasteiger partial charge in [-0.25, -0.2) is 4.39 Å². The molecule has 0 saturated carbocycles. The Hall–Kier alpha value is -2.51. The van der Waals surface area contributed by atoms with Gasteiger partial charge < -0.3 is 4.98 Å². The van der Waals surface area contributed by atoms with Crippen LogP contribution in [0.1, 0.15) is 5.56 Å². The van der Waals surface area contributed by atoms with Gasteiger partial charge in [0, 0.05) is 22.7 Å². The molecule has 1 saturated heterocycles. The van der Waals surface area contributed by atoms with Gasteiger partial charge in [-0.3, -0.25) is 14.5 Å². The van der Waals surface area contributed by atoms with E-state index in [1.54, 1.807) is 12.3 Å². The highest BCUT2D eigenvalue weighted by atomic mass is 32.2. The van der Waals surface area contributed by atoms with Gasteiger partial charge in [-0.15, -0.1) is 0 Å². The number of nitrogens with one attached hydrogen (secondary N) is 1. The molecule has 0 aliphatic carbocycles. The highest BCUT2D eigenvalue weighted by molar-refractivity contribution is 8.25. The molecule has 2 heterocycles. The molecule has 1 N–H and O–H groups in total. The van der Waals surface area contributed by atoms with Crippen LogP contribution in [-0.2, 0) is 11.2 Å². The van der Waals surface area contributed by atoms with Crippen LogP contribution in [0.5, 0.6) is 0 Å². The minimum atomic E-state index is -0.477. The van der Waals surface area contributed by atoms with Gasteiger partial charge in [0.2, 0.25) is 5.91 Å². The van der Waals surface area contributed by atoms with Crippen molar-refractivity contribution in [2.24, 2.45) is 0 Å². The number of aromatic amines is 1. The summed E-state index contributed by atoms with van der Waals surface area (Å²) in [6, 6.07) is 12.9. The van der Waals surface area contributed by atoms with Crippen molar-refractivity contribution >= 4 is 50.8 Å². The highest BCUT2D eigenvalue weighted by Gasteiger charge is 2.38. The fraction of sp³-hybridized carbons (Fsp3) is 0.105. The van der Waals surface area contributed by atoms with E-state index in [-0.39, 0.29) is 23.6 Å². The van der Waals surface area contributed by atoms with Gasteiger partial charge in [0.1, 0.15) is 10.1 Å². The van der Waals surface area contributed by atoms with Gasteiger partial charge in [-0.2, -0.15) is 0 Å². The summed E-state index contributed by atoms with van der Waals surface area (Å²) in [5, 5.41) is 0.119. The van der Waals surface area contributed by atoms with Gasteiger partial charge in [-0.1, -0.05) is 36.1 Å². The van der Waals surface area contributed by atoms with Crippen molar-refractivity contribution in [2.75, 3.05) is 4.90 Å². The summed E-state index contributed by atoms with van der Waals surface area (Å²) in [5.41, 5.74) is 1.75. The van der Waals surface area contributed by atoms with Gasteiger partial charge in [-0.05, 0) is 42.8 Å². The van der Waals surface area contributed by atoms with Gasteiger partial charge in [0.05, 0.1) is 10.9 Å². The van der Waals surface area contributed by atoms with E-state index in [4.69, 9.17) is 12.2 Å². The molecule has 1 amide bonds. The van der Waals surface area contributed by atoms with Crippen molar-refractivity contribution in [2.45, 2.75) is 11.7 Å². The number of carbonyl (C=O) groups excluding carboxylic acids is 1. The van der Waals surface area contributed by atoms with Crippen molar-refractivity contribution in [1.82, 2.24) is 4.98 Å². The molecule has 1 fully saturated rings. The zero-order chi connectivity index (χ0) is 18.3. The number of hydrogen-bond acceptors (Lipinski definition) is 4. The molecule has 0 bridgehead atoms. The topological polar surface area (TPSA) is 53.2 Å². The average molecular weight is 384 g/mol. The molecule has 130 valence electrons. The fourth-order valence-corrected chi connectivity index (χ4v) is 4.53. The predicted octanol–water partition coefficient (Wildman–Crippen LogP) is 3.64. The molecule has 0 radical (unpaired) electrons. The van der Waals surface area contributed by atoms with Crippen molar-refractivity contribution in [1.29, 1.82) is 0 Å². The Labute approximate surface area is 158 Å². The van der Waals surface area contributed by atoms with Crippen LogP contribution in [0, 0.1) is 5.82 Å². The highest BCUT2D eigenvalue weighted by Crippen LogP contribution is 2.33. The van der Waals surface area contributed by atoms with E-state index in [0.717, 1.165) is 5.52 Å². The summed E-state index contributed by atoms with van der Waals surface area (Å²) in [6.45, 7) is 0. The number of rotatable bonds is 3. The summed E-state index contributed by atoms with van der Waals surface area (Å²) in [6.07, 6.45) is 1.93. The van der Waals surface area contributed by atoms with E-state index in [2.05, 4.69) is 4.98 Å². The second-order valence-electron chi connectivity index (χ2n) is 5.92. The van der Waals surface area contributed by atoms with E-state index in [9.17, 15) is 14.0 Å². The standard InChI is InChI=1S/C19H13FN2O2S2/c20-12-5-7-13(8-6-12)22-18(24)16(26-19(22)25)9-11-10-21-15-4-2-1-3-14(15)17(11)23/h1-8,10,16H,9H2,(H,21,23). The van der Waals surface area contributed by atoms with Crippen LogP contribution in [-0.4, -0.2) is 20.5 Å². The molecule has 1 aromatic heterocycles. The first-order valence-electron chi connectivity index (χ1n) is 7.94. The molecule has 1 aliphatic rings. The van der Waals surface area contributed by atoms with E-state index >= 15 is 0 Å². The minimum absolute atomic E-state index is 0.0844. The number of pyridine rings is 1. The molecule has 4 rings (SSSR count). The fourth-order valence-electron chi connectivity index (χ4n) is 2.97. The number of halogens is 1. The van der Waals surface area contributed by atoms with Gasteiger partial charge >= 0.3 is 0 Å². The lowest BCUT2D eigenvalue weighted by Crippen LogP contribution is -2.32. The largest absolute Gasteiger partial charge is 0.361 e. The summed E-state index contributed by atoms with van der Waals surface area (Å²) < 4.78 is 13.5. The molecule has 1 aliphatic heterocycles. The Kier molecular flexibility index (Phi) is 4.34. The van der Waals surface area contributed by atoms with E-state index in [1.165, 1.54) is 40.9 Å². The van der Waals surface area contributed by atoms with Crippen LogP contribution in [0.2, 0.25) is 0 Å². The maximum absolute atomic E-state index is 13.1. The Bertz CT molecular complexity index is 1080. The smallest absolute Gasteiger partial charge is 0.246 e. The molecular formula is C19H13FN2O2S2. The van der Waals surface area contributed by atoms with Crippen LogP contribution in [0.15, 0.2) is 59.5 Å². The van der Waals surface area contributed by atoms with Gasteiger partial charge in [0.15, 0.2) is 5.43 Å². The first-order chi connectivity index (χ1) is 12.5. The number of thiocarbonyl (C=S) groups is 1. The maximum atomic E-state index is 13.1. The molecule has 7 heteroatoms. The van der Waals surface area contributed by atoms with Crippen molar-refractivity contribution in [3.8, 4) is 0 Å². The van der Waals surface area contributed by atoms with E-state index < -0.39 is 5.25 Å². The third-order valence-electron chi connectivity index (χ3n) is 4.28. The van der Waals surface area contributed by atoms with Crippen LogP contribution in [0.25, 0.3) is 10.9 Å².